The van der Waals surface area contributed by atoms with Crippen LogP contribution in [-0.2, 0) is 0 Å². The van der Waals surface area contributed by atoms with E-state index in [0.717, 1.165) is 0 Å². The largest absolute Gasteiger partial charge is 0.323 e. The first-order valence-corrected chi connectivity index (χ1v) is 5.81. The number of carbonyl (C=O) groups is 1. The Morgan fingerprint density at radius 3 is 2.63 bits per heavy atom. The predicted molar refractivity (Wildman–Crippen MR) is 69.6 cm³/mol. The Kier molecular flexibility index (Phi) is 4.59. The van der Waals surface area contributed by atoms with Gasteiger partial charge in [0.2, 0.25) is 0 Å². The van der Waals surface area contributed by atoms with Gasteiger partial charge in [-0.15, -0.1) is 0 Å². The molecule has 0 fully saturated rings. The summed E-state index contributed by atoms with van der Waals surface area (Å²) in [4.78, 5) is 23.9. The number of nitriles is 1. The van der Waals surface area contributed by atoms with E-state index in [4.69, 9.17) is 5.26 Å². The van der Waals surface area contributed by atoms with E-state index < -0.39 is 4.92 Å². The lowest BCUT2D eigenvalue weighted by atomic mass is 10.1. The van der Waals surface area contributed by atoms with Gasteiger partial charge in [0.25, 0.3) is 11.6 Å². The van der Waals surface area contributed by atoms with Crippen LogP contribution in [0.4, 0.5) is 5.69 Å². The number of rotatable bonds is 4. The number of hydrogen-bond donors (Lipinski definition) is 0. The summed E-state index contributed by atoms with van der Waals surface area (Å²) in [7, 11) is 0. The molecular formula is C13H15N3O3. The summed E-state index contributed by atoms with van der Waals surface area (Å²) in [6.45, 7) is 5.15. The van der Waals surface area contributed by atoms with Crippen molar-refractivity contribution >= 4 is 11.6 Å². The molecule has 0 bridgehead atoms. The van der Waals surface area contributed by atoms with Crippen molar-refractivity contribution in [2.24, 2.45) is 0 Å². The summed E-state index contributed by atoms with van der Waals surface area (Å²) < 4.78 is 0. The number of nitro benzene ring substituents is 1. The highest BCUT2D eigenvalue weighted by Gasteiger charge is 2.21. The van der Waals surface area contributed by atoms with Crippen LogP contribution in [0.25, 0.3) is 0 Å². The van der Waals surface area contributed by atoms with Crippen molar-refractivity contribution in [3.63, 3.8) is 0 Å². The molecule has 0 unspecified atom stereocenters. The van der Waals surface area contributed by atoms with Gasteiger partial charge >= 0.3 is 0 Å². The molecule has 0 aliphatic rings. The average molecular weight is 261 g/mol. The Hall–Kier alpha value is -2.42. The van der Waals surface area contributed by atoms with Crippen molar-refractivity contribution < 1.29 is 9.72 Å². The second-order valence-electron chi connectivity index (χ2n) is 4.44. The Bertz CT molecular complexity index is 547. The van der Waals surface area contributed by atoms with Gasteiger partial charge in [-0.3, -0.25) is 14.9 Å². The van der Waals surface area contributed by atoms with Crippen molar-refractivity contribution in [2.75, 3.05) is 6.54 Å². The van der Waals surface area contributed by atoms with E-state index in [1.807, 2.05) is 6.07 Å². The van der Waals surface area contributed by atoms with Crippen LogP contribution in [0.5, 0.6) is 0 Å². The average Bonchev–Trinajstić information content (AvgIpc) is 2.35. The molecule has 6 nitrogen and oxygen atoms in total. The van der Waals surface area contributed by atoms with Crippen LogP contribution in [0.1, 0.15) is 29.8 Å². The molecule has 0 saturated heterocycles. The highest BCUT2D eigenvalue weighted by atomic mass is 16.6. The van der Waals surface area contributed by atoms with Crippen LogP contribution < -0.4 is 0 Å². The number of nitro groups is 1. The zero-order valence-corrected chi connectivity index (χ0v) is 11.1. The first-order valence-electron chi connectivity index (χ1n) is 5.81. The topological polar surface area (TPSA) is 87.2 Å². The molecule has 1 amide bonds. The number of nitrogens with zero attached hydrogens (tertiary/aromatic N) is 3. The Balaban J connectivity index is 3.16. The van der Waals surface area contributed by atoms with E-state index in [1.165, 1.54) is 23.1 Å². The van der Waals surface area contributed by atoms with Gasteiger partial charge in [-0.1, -0.05) is 6.07 Å². The monoisotopic (exact) mass is 261 g/mol. The van der Waals surface area contributed by atoms with Crippen LogP contribution in [-0.4, -0.2) is 28.3 Å². The molecule has 0 aliphatic carbocycles. The number of hydrogen-bond acceptors (Lipinski definition) is 4. The number of carbonyl (C=O) groups excluding carboxylic acids is 1. The van der Waals surface area contributed by atoms with E-state index in [-0.39, 0.29) is 29.7 Å². The SMILES string of the molecule is Cc1ccc(C(=O)N(CC#N)C(C)C)cc1[N+](=O)[O-]. The first kappa shape index (κ1) is 14.6. The number of aryl methyl sites for hydroxylation is 1. The Labute approximate surface area is 111 Å². The van der Waals surface area contributed by atoms with Crippen LogP contribution in [0.2, 0.25) is 0 Å². The third-order valence-corrected chi connectivity index (χ3v) is 2.78. The van der Waals surface area contributed by atoms with Crippen molar-refractivity contribution in [3.8, 4) is 6.07 Å². The second-order valence-corrected chi connectivity index (χ2v) is 4.44. The van der Waals surface area contributed by atoms with Gasteiger partial charge in [0, 0.05) is 23.2 Å². The minimum Gasteiger partial charge on any atom is -0.323 e. The van der Waals surface area contributed by atoms with Gasteiger partial charge in [-0.05, 0) is 26.8 Å². The lowest BCUT2D eigenvalue weighted by Crippen LogP contribution is -2.37. The van der Waals surface area contributed by atoms with Crippen LogP contribution in [0, 0.1) is 28.4 Å². The standard InChI is InChI=1S/C13H15N3O3/c1-9(2)15(7-6-14)13(17)11-5-4-10(3)12(8-11)16(18)19/h4-5,8-9H,7H2,1-3H3. The molecule has 0 heterocycles. The number of benzene rings is 1. The molecule has 6 heteroatoms. The molecule has 0 aliphatic heterocycles. The summed E-state index contributed by atoms with van der Waals surface area (Å²) >= 11 is 0. The smallest absolute Gasteiger partial charge is 0.273 e. The molecule has 1 aromatic rings. The Morgan fingerprint density at radius 2 is 2.16 bits per heavy atom. The highest BCUT2D eigenvalue weighted by Crippen LogP contribution is 2.20. The fraction of sp³-hybridized carbons (Fsp3) is 0.385. The van der Waals surface area contributed by atoms with E-state index in [2.05, 4.69) is 0 Å². The van der Waals surface area contributed by atoms with Crippen LogP contribution in [0.3, 0.4) is 0 Å². The van der Waals surface area contributed by atoms with Gasteiger partial charge in [-0.2, -0.15) is 5.26 Å². The maximum atomic E-state index is 12.2. The molecule has 19 heavy (non-hydrogen) atoms. The van der Waals surface area contributed by atoms with E-state index in [9.17, 15) is 14.9 Å². The zero-order chi connectivity index (χ0) is 14.6. The predicted octanol–water partition coefficient (Wildman–Crippen LogP) is 2.28. The van der Waals surface area contributed by atoms with Crippen molar-refractivity contribution in [1.82, 2.24) is 4.90 Å². The van der Waals surface area contributed by atoms with Gasteiger partial charge in [-0.25, -0.2) is 0 Å². The minimum absolute atomic E-state index is 0.0435. The second kappa shape index (κ2) is 5.96. The van der Waals surface area contributed by atoms with Gasteiger partial charge in [0.05, 0.1) is 11.0 Å². The molecule has 1 aromatic carbocycles. The lowest BCUT2D eigenvalue weighted by Gasteiger charge is -2.23. The third-order valence-electron chi connectivity index (χ3n) is 2.78. The summed E-state index contributed by atoms with van der Waals surface area (Å²) in [5, 5.41) is 19.6. The molecule has 1 rings (SSSR count). The minimum atomic E-state index is -0.518. The maximum absolute atomic E-state index is 12.2. The molecule has 0 saturated carbocycles. The normalized spacial score (nSPS) is 10.1. The molecule has 0 spiro atoms. The zero-order valence-electron chi connectivity index (χ0n) is 11.1. The van der Waals surface area contributed by atoms with Gasteiger partial charge < -0.3 is 4.90 Å². The van der Waals surface area contributed by atoms with Gasteiger partial charge in [0.15, 0.2) is 0 Å². The van der Waals surface area contributed by atoms with Gasteiger partial charge in [0.1, 0.15) is 6.54 Å². The molecule has 0 aromatic heterocycles. The molecule has 0 atom stereocenters. The van der Waals surface area contributed by atoms with Crippen LogP contribution in [0.15, 0.2) is 18.2 Å². The van der Waals surface area contributed by atoms with Crippen molar-refractivity contribution in [3.05, 3.63) is 39.4 Å². The summed E-state index contributed by atoms with van der Waals surface area (Å²) in [6, 6.07) is 6.11. The Morgan fingerprint density at radius 1 is 1.53 bits per heavy atom. The van der Waals surface area contributed by atoms with E-state index in [1.54, 1.807) is 20.8 Å². The molecule has 100 valence electrons. The van der Waals surface area contributed by atoms with Crippen LogP contribution >= 0.6 is 0 Å². The molecular weight excluding hydrogens is 246 g/mol. The molecule has 0 radical (unpaired) electrons. The fourth-order valence-corrected chi connectivity index (χ4v) is 1.67. The van der Waals surface area contributed by atoms with Crippen molar-refractivity contribution in [2.45, 2.75) is 26.8 Å². The summed E-state index contributed by atoms with van der Waals surface area (Å²) in [5.74, 6) is -0.375. The summed E-state index contributed by atoms with van der Waals surface area (Å²) in [5.41, 5.74) is 0.630. The quantitative estimate of drug-likeness (QED) is 0.472. The number of amides is 1. The first-order chi connectivity index (χ1) is 8.88. The van der Waals surface area contributed by atoms with E-state index >= 15 is 0 Å². The fourth-order valence-electron chi connectivity index (χ4n) is 1.67. The lowest BCUT2D eigenvalue weighted by molar-refractivity contribution is -0.385. The molecule has 0 N–H and O–H groups in total. The van der Waals surface area contributed by atoms with Crippen molar-refractivity contribution in [1.29, 1.82) is 5.26 Å². The van der Waals surface area contributed by atoms with E-state index in [0.29, 0.717) is 5.56 Å². The third kappa shape index (κ3) is 3.28. The summed E-state index contributed by atoms with van der Waals surface area (Å²) in [6.07, 6.45) is 0. The highest BCUT2D eigenvalue weighted by molar-refractivity contribution is 5.95. The maximum Gasteiger partial charge on any atom is 0.273 e.